The molecule has 0 amide bonds. The molecule has 0 spiro atoms. The Balaban J connectivity index is 1.92. The van der Waals surface area contributed by atoms with E-state index in [-0.39, 0.29) is 5.92 Å². The molecule has 4 rings (SSSR count). The van der Waals surface area contributed by atoms with Crippen molar-refractivity contribution in [1.82, 2.24) is 0 Å². The molecule has 0 N–H and O–H groups in total. The van der Waals surface area contributed by atoms with Gasteiger partial charge in [0.2, 0.25) is 0 Å². The highest BCUT2D eigenvalue weighted by Gasteiger charge is 2.26. The van der Waals surface area contributed by atoms with Gasteiger partial charge < -0.3 is 9.47 Å². The van der Waals surface area contributed by atoms with Gasteiger partial charge in [-0.1, -0.05) is 87.5 Å². The number of benzene rings is 4. The van der Waals surface area contributed by atoms with Crippen LogP contribution in [0.3, 0.4) is 0 Å². The van der Waals surface area contributed by atoms with Crippen molar-refractivity contribution in [3.63, 3.8) is 0 Å². The molecule has 0 fully saturated rings. The lowest BCUT2D eigenvalue weighted by molar-refractivity contribution is 0.0679. The van der Waals surface area contributed by atoms with Crippen molar-refractivity contribution in [2.24, 2.45) is 5.92 Å². The maximum Gasteiger partial charge on any atom is 0.343 e. The van der Waals surface area contributed by atoms with Gasteiger partial charge in [-0.3, -0.25) is 0 Å². The molecule has 0 saturated carbocycles. The van der Waals surface area contributed by atoms with Crippen LogP contribution in [-0.4, -0.2) is 11.9 Å². The normalized spacial score (nSPS) is 10.8. The minimum absolute atomic E-state index is 0.270. The highest BCUT2D eigenvalue weighted by Crippen LogP contribution is 2.43. The zero-order chi connectivity index (χ0) is 25.5. The molecule has 4 aromatic rings. The van der Waals surface area contributed by atoms with Crippen molar-refractivity contribution in [2.75, 3.05) is 0 Å². The number of carbonyl (C=O) groups is 2. The Labute approximate surface area is 212 Å². The fourth-order valence-corrected chi connectivity index (χ4v) is 4.15. The van der Waals surface area contributed by atoms with E-state index in [2.05, 4.69) is 19.9 Å². The topological polar surface area (TPSA) is 52.6 Å². The van der Waals surface area contributed by atoms with Gasteiger partial charge in [0.1, 0.15) is 0 Å². The summed E-state index contributed by atoms with van der Waals surface area (Å²) in [6.07, 6.45) is 1.23. The van der Waals surface area contributed by atoms with Gasteiger partial charge in [0.25, 0.3) is 0 Å². The van der Waals surface area contributed by atoms with Crippen molar-refractivity contribution >= 4 is 11.9 Å². The van der Waals surface area contributed by atoms with Crippen LogP contribution >= 0.6 is 0 Å². The van der Waals surface area contributed by atoms with Gasteiger partial charge in [0, 0.05) is 5.56 Å². The zero-order valence-corrected chi connectivity index (χ0v) is 20.9. The number of hydrogen-bond donors (Lipinski definition) is 0. The predicted octanol–water partition coefficient (Wildman–Crippen LogP) is 7.55. The van der Waals surface area contributed by atoms with Crippen LogP contribution in [0.5, 0.6) is 11.5 Å². The van der Waals surface area contributed by atoms with Crippen LogP contribution in [0, 0.1) is 5.92 Å². The second-order valence-corrected chi connectivity index (χ2v) is 9.05. The standard InChI is InChI=1S/C32H30O4/c1-4-23-21-27(24-14-8-5-9-15-24)28(20-22(2)3)30(36-32(34)26-18-12-7-13-19-26)29(23)35-31(33)25-16-10-6-11-17-25/h5-19,21-22H,4,20H2,1-3H3. The van der Waals surface area contributed by atoms with E-state index in [1.165, 1.54) is 0 Å². The molecule has 0 aliphatic rings. The summed E-state index contributed by atoms with van der Waals surface area (Å²) in [4.78, 5) is 26.4. The molecule has 0 aliphatic heterocycles. The Hall–Kier alpha value is -4.18. The van der Waals surface area contributed by atoms with Gasteiger partial charge in [-0.15, -0.1) is 0 Å². The number of ether oxygens (including phenoxy) is 2. The predicted molar refractivity (Wildman–Crippen MR) is 143 cm³/mol. The molecule has 0 bridgehead atoms. The van der Waals surface area contributed by atoms with Gasteiger partial charge in [0.15, 0.2) is 11.5 Å². The van der Waals surface area contributed by atoms with E-state index in [0.717, 1.165) is 22.3 Å². The van der Waals surface area contributed by atoms with E-state index in [1.807, 2.05) is 49.4 Å². The van der Waals surface area contributed by atoms with Crippen LogP contribution in [0.4, 0.5) is 0 Å². The van der Waals surface area contributed by atoms with E-state index in [1.54, 1.807) is 48.5 Å². The molecule has 0 aliphatic carbocycles. The fourth-order valence-electron chi connectivity index (χ4n) is 4.15. The Bertz CT molecular complexity index is 1330. The van der Waals surface area contributed by atoms with Crippen molar-refractivity contribution in [1.29, 1.82) is 0 Å². The van der Waals surface area contributed by atoms with E-state index in [4.69, 9.17) is 9.47 Å². The quantitative estimate of drug-likeness (QED) is 0.194. The minimum Gasteiger partial charge on any atom is -0.419 e. The van der Waals surface area contributed by atoms with E-state index in [9.17, 15) is 9.59 Å². The highest BCUT2D eigenvalue weighted by molar-refractivity contribution is 5.94. The summed E-state index contributed by atoms with van der Waals surface area (Å²) >= 11 is 0. The maximum absolute atomic E-state index is 13.2. The lowest BCUT2D eigenvalue weighted by atomic mass is 9.90. The lowest BCUT2D eigenvalue weighted by Gasteiger charge is -2.22. The summed E-state index contributed by atoms with van der Waals surface area (Å²) < 4.78 is 12.1. The second kappa shape index (κ2) is 11.5. The number of carbonyl (C=O) groups excluding carboxylic acids is 2. The molecule has 4 aromatic carbocycles. The summed E-state index contributed by atoms with van der Waals surface area (Å²) in [5, 5.41) is 0. The van der Waals surface area contributed by atoms with E-state index >= 15 is 0 Å². The third-order valence-electron chi connectivity index (χ3n) is 5.90. The van der Waals surface area contributed by atoms with Crippen LogP contribution in [0.2, 0.25) is 0 Å². The van der Waals surface area contributed by atoms with Crippen molar-refractivity contribution in [2.45, 2.75) is 33.6 Å². The molecule has 0 atom stereocenters. The van der Waals surface area contributed by atoms with Crippen LogP contribution in [-0.2, 0) is 12.8 Å². The van der Waals surface area contributed by atoms with Gasteiger partial charge in [-0.2, -0.15) is 0 Å². The number of aryl methyl sites for hydroxylation is 1. The van der Waals surface area contributed by atoms with Gasteiger partial charge in [0.05, 0.1) is 11.1 Å². The summed E-state index contributed by atoms with van der Waals surface area (Å²) in [6, 6.07) is 29.8. The average molecular weight is 479 g/mol. The van der Waals surface area contributed by atoms with E-state index < -0.39 is 11.9 Å². The van der Waals surface area contributed by atoms with Crippen LogP contribution in [0.1, 0.15) is 52.6 Å². The van der Waals surface area contributed by atoms with Gasteiger partial charge in [-0.25, -0.2) is 9.59 Å². The lowest BCUT2D eigenvalue weighted by Crippen LogP contribution is -2.16. The van der Waals surface area contributed by atoms with Crippen LogP contribution in [0.15, 0.2) is 97.1 Å². The first-order chi connectivity index (χ1) is 17.5. The first-order valence-electron chi connectivity index (χ1n) is 12.3. The fraction of sp³-hybridized carbons (Fsp3) is 0.188. The molecule has 182 valence electrons. The molecule has 0 heterocycles. The summed E-state index contributed by atoms with van der Waals surface area (Å²) in [5.41, 5.74) is 4.47. The molecule has 4 heteroatoms. The van der Waals surface area contributed by atoms with Crippen molar-refractivity contribution in [3.05, 3.63) is 119 Å². The minimum atomic E-state index is -0.495. The summed E-state index contributed by atoms with van der Waals surface area (Å²) in [5.74, 6) is -0.118. The largest absolute Gasteiger partial charge is 0.419 e. The molecular formula is C32H30O4. The monoisotopic (exact) mass is 478 g/mol. The molecule has 0 unspecified atom stereocenters. The Morgan fingerprint density at radius 1 is 0.694 bits per heavy atom. The maximum atomic E-state index is 13.2. The van der Waals surface area contributed by atoms with E-state index in [0.29, 0.717) is 35.5 Å². The van der Waals surface area contributed by atoms with Gasteiger partial charge in [-0.05, 0) is 65.8 Å². The molecule has 0 saturated heterocycles. The third-order valence-corrected chi connectivity index (χ3v) is 5.90. The smallest absolute Gasteiger partial charge is 0.343 e. The molecule has 0 aromatic heterocycles. The average Bonchev–Trinajstić information content (AvgIpc) is 2.91. The summed E-state index contributed by atoms with van der Waals surface area (Å²) in [7, 11) is 0. The SMILES string of the molecule is CCc1cc(-c2ccccc2)c(CC(C)C)c(OC(=O)c2ccccc2)c1OC(=O)c1ccccc1. The Morgan fingerprint density at radius 2 is 1.17 bits per heavy atom. The number of rotatable bonds is 8. The summed E-state index contributed by atoms with van der Waals surface area (Å²) in [6.45, 7) is 6.22. The van der Waals surface area contributed by atoms with Gasteiger partial charge >= 0.3 is 11.9 Å². The Kier molecular flexibility index (Phi) is 7.96. The van der Waals surface area contributed by atoms with Crippen molar-refractivity contribution < 1.29 is 19.1 Å². The van der Waals surface area contributed by atoms with Crippen LogP contribution in [0.25, 0.3) is 11.1 Å². The Morgan fingerprint density at radius 3 is 1.64 bits per heavy atom. The molecule has 4 nitrogen and oxygen atoms in total. The zero-order valence-electron chi connectivity index (χ0n) is 20.9. The molecule has 0 radical (unpaired) electrons. The molecule has 36 heavy (non-hydrogen) atoms. The first-order valence-corrected chi connectivity index (χ1v) is 12.3. The van der Waals surface area contributed by atoms with Crippen LogP contribution < -0.4 is 9.47 Å². The third kappa shape index (κ3) is 5.72. The highest BCUT2D eigenvalue weighted by atomic mass is 16.6. The number of hydrogen-bond acceptors (Lipinski definition) is 4. The number of esters is 2. The second-order valence-electron chi connectivity index (χ2n) is 9.05. The van der Waals surface area contributed by atoms with Crippen molar-refractivity contribution in [3.8, 4) is 22.6 Å². The first kappa shape index (κ1) is 24.9. The molecular weight excluding hydrogens is 448 g/mol.